The Kier molecular flexibility index (Phi) is 5.77. The summed E-state index contributed by atoms with van der Waals surface area (Å²) in [6.07, 6.45) is 2.23. The van der Waals surface area contributed by atoms with Gasteiger partial charge in [0.25, 0.3) is 10.0 Å². The van der Waals surface area contributed by atoms with Gasteiger partial charge in [0.15, 0.2) is 5.13 Å². The summed E-state index contributed by atoms with van der Waals surface area (Å²) in [7, 11) is -3.75. The molecule has 1 aliphatic heterocycles. The largest absolute Gasteiger partial charge is 0.334 e. The smallest absolute Gasteiger partial charge is 0.263 e. The Bertz CT molecular complexity index is 1200. The van der Waals surface area contributed by atoms with Crippen molar-refractivity contribution >= 4 is 44.0 Å². The lowest BCUT2D eigenvalue weighted by Gasteiger charge is -2.15. The molecule has 2 heterocycles. The van der Waals surface area contributed by atoms with Crippen molar-refractivity contribution in [3.05, 3.63) is 75.5 Å². The van der Waals surface area contributed by atoms with E-state index in [-0.39, 0.29) is 22.2 Å². The van der Waals surface area contributed by atoms with Gasteiger partial charge >= 0.3 is 0 Å². The predicted octanol–water partition coefficient (Wildman–Crippen LogP) is 4.21. The van der Waals surface area contributed by atoms with E-state index in [1.807, 2.05) is 0 Å². The summed E-state index contributed by atoms with van der Waals surface area (Å²) in [6.45, 7) is 0.775. The molecule has 0 saturated heterocycles. The van der Waals surface area contributed by atoms with E-state index in [4.69, 9.17) is 11.6 Å². The van der Waals surface area contributed by atoms with Crippen LogP contribution in [0.4, 0.5) is 9.52 Å². The molecule has 10 heteroatoms. The lowest BCUT2D eigenvalue weighted by atomic mass is 10.1. The van der Waals surface area contributed by atoms with Gasteiger partial charge in [-0.25, -0.2) is 17.8 Å². The van der Waals surface area contributed by atoms with Crippen LogP contribution in [0.15, 0.2) is 52.9 Å². The number of halogens is 2. The molecule has 6 nitrogen and oxygen atoms in total. The number of anilines is 1. The maximum Gasteiger partial charge on any atom is 0.263 e. The van der Waals surface area contributed by atoms with Gasteiger partial charge in [-0.2, -0.15) is 0 Å². The highest BCUT2D eigenvalue weighted by atomic mass is 35.5. The highest BCUT2D eigenvalue weighted by molar-refractivity contribution is 7.93. The molecule has 0 radical (unpaired) electrons. The van der Waals surface area contributed by atoms with Crippen LogP contribution in [0.2, 0.25) is 5.02 Å². The van der Waals surface area contributed by atoms with Crippen LogP contribution in [0.25, 0.3) is 0 Å². The van der Waals surface area contributed by atoms with Gasteiger partial charge in [0.2, 0.25) is 5.91 Å². The molecule has 0 unspecified atom stereocenters. The fraction of sp³-hybridized carbons (Fsp3) is 0.200. The first-order chi connectivity index (χ1) is 14.3. The first kappa shape index (κ1) is 20.8. The number of amides is 1. The number of hydrogen-bond acceptors (Lipinski definition) is 5. The van der Waals surface area contributed by atoms with Gasteiger partial charge in [-0.15, -0.1) is 11.3 Å². The van der Waals surface area contributed by atoms with Crippen LogP contribution >= 0.6 is 22.9 Å². The molecule has 1 aliphatic rings. The second-order valence-electron chi connectivity index (χ2n) is 6.87. The fourth-order valence-corrected chi connectivity index (χ4v) is 5.31. The molecule has 0 aliphatic carbocycles. The number of carbonyl (C=O) groups excluding carboxylic acids is 1. The second kappa shape index (κ2) is 8.33. The molecule has 3 aromatic rings. The van der Waals surface area contributed by atoms with Crippen LogP contribution in [0.1, 0.15) is 23.1 Å². The van der Waals surface area contributed by atoms with E-state index in [0.29, 0.717) is 24.6 Å². The Morgan fingerprint density at radius 2 is 2.00 bits per heavy atom. The Hall–Kier alpha value is -2.49. The summed E-state index contributed by atoms with van der Waals surface area (Å²) in [5.41, 5.74) is 2.50. The fourth-order valence-electron chi connectivity index (χ4n) is 3.27. The molecule has 0 saturated carbocycles. The van der Waals surface area contributed by atoms with Crippen LogP contribution in [-0.4, -0.2) is 24.2 Å². The van der Waals surface area contributed by atoms with Crippen molar-refractivity contribution < 1.29 is 17.6 Å². The molecular formula is C20H17ClFN3O3S2. The van der Waals surface area contributed by atoms with Crippen LogP contribution in [-0.2, 0) is 34.3 Å². The van der Waals surface area contributed by atoms with E-state index < -0.39 is 15.8 Å². The summed E-state index contributed by atoms with van der Waals surface area (Å²) in [5, 5.41) is 2.02. The second-order valence-corrected chi connectivity index (χ2v) is 9.86. The Balaban J connectivity index is 1.41. The minimum absolute atomic E-state index is 0.0358. The molecule has 30 heavy (non-hydrogen) atoms. The number of aryl methyl sites for hydroxylation is 1. The molecule has 1 amide bonds. The van der Waals surface area contributed by atoms with E-state index in [0.717, 1.165) is 16.7 Å². The number of carbonyl (C=O) groups is 1. The van der Waals surface area contributed by atoms with Gasteiger partial charge < -0.3 is 4.90 Å². The van der Waals surface area contributed by atoms with Gasteiger partial charge in [-0.1, -0.05) is 23.7 Å². The van der Waals surface area contributed by atoms with Crippen molar-refractivity contribution in [3.63, 3.8) is 0 Å². The normalized spacial score (nSPS) is 13.3. The van der Waals surface area contributed by atoms with E-state index in [1.54, 1.807) is 28.5 Å². The first-order valence-electron chi connectivity index (χ1n) is 9.07. The van der Waals surface area contributed by atoms with Gasteiger partial charge in [0.1, 0.15) is 5.82 Å². The molecular weight excluding hydrogens is 449 g/mol. The number of fused-ring (bicyclic) bond motifs is 1. The topological polar surface area (TPSA) is 79.4 Å². The number of rotatable bonds is 6. The lowest BCUT2D eigenvalue weighted by molar-refractivity contribution is -0.131. The van der Waals surface area contributed by atoms with Gasteiger partial charge in [-0.3, -0.25) is 9.52 Å². The number of thiazole rings is 1. The SMILES string of the molecule is O=C(CCc1ccc(F)c(Cl)c1)N1Cc2ccc(S(=O)(=O)Nc3nccs3)cc2C1. The van der Waals surface area contributed by atoms with E-state index in [2.05, 4.69) is 9.71 Å². The summed E-state index contributed by atoms with van der Waals surface area (Å²) in [5.74, 6) is -0.547. The quantitative estimate of drug-likeness (QED) is 0.591. The molecule has 4 rings (SSSR count). The summed E-state index contributed by atoms with van der Waals surface area (Å²) >= 11 is 6.98. The Morgan fingerprint density at radius 1 is 1.20 bits per heavy atom. The molecule has 0 bridgehead atoms. The number of benzene rings is 2. The minimum Gasteiger partial charge on any atom is -0.334 e. The summed E-state index contributed by atoms with van der Waals surface area (Å²) in [6, 6.07) is 9.28. The third-order valence-corrected chi connectivity index (χ3v) is 7.27. The molecule has 0 fully saturated rings. The van der Waals surface area contributed by atoms with Crippen LogP contribution in [0.5, 0.6) is 0 Å². The zero-order valence-corrected chi connectivity index (χ0v) is 18.0. The highest BCUT2D eigenvalue weighted by Gasteiger charge is 2.25. The van der Waals surface area contributed by atoms with Gasteiger partial charge in [0, 0.05) is 31.1 Å². The zero-order valence-electron chi connectivity index (χ0n) is 15.6. The third-order valence-electron chi connectivity index (χ3n) is 4.83. The number of hydrogen-bond donors (Lipinski definition) is 1. The molecule has 1 N–H and O–H groups in total. The first-order valence-corrected chi connectivity index (χ1v) is 11.8. The van der Waals surface area contributed by atoms with E-state index >= 15 is 0 Å². The van der Waals surface area contributed by atoms with Crippen LogP contribution < -0.4 is 4.72 Å². The van der Waals surface area contributed by atoms with Crippen molar-refractivity contribution in [1.82, 2.24) is 9.88 Å². The number of aromatic nitrogens is 1. The summed E-state index contributed by atoms with van der Waals surface area (Å²) in [4.78, 5) is 18.4. The molecule has 1 aromatic heterocycles. The maximum absolute atomic E-state index is 13.3. The standard InChI is InChI=1S/C20H17ClFN3O3S2/c21-17-9-13(1-5-18(17)22)2-6-19(26)25-11-14-3-4-16(10-15(14)12-25)30(27,28)24-20-23-7-8-29-20/h1,3-5,7-10H,2,6,11-12H2,(H,23,24). The highest BCUT2D eigenvalue weighted by Crippen LogP contribution is 2.27. The maximum atomic E-state index is 13.3. The molecule has 2 aromatic carbocycles. The van der Waals surface area contributed by atoms with Crippen molar-refractivity contribution in [2.75, 3.05) is 4.72 Å². The number of sulfonamides is 1. The predicted molar refractivity (Wildman–Crippen MR) is 113 cm³/mol. The van der Waals surface area contributed by atoms with E-state index in [1.165, 1.54) is 35.7 Å². The van der Waals surface area contributed by atoms with Gasteiger partial charge in [0.05, 0.1) is 9.92 Å². The zero-order chi connectivity index (χ0) is 21.3. The Morgan fingerprint density at radius 3 is 2.73 bits per heavy atom. The number of nitrogens with one attached hydrogen (secondary N) is 1. The average molecular weight is 466 g/mol. The van der Waals surface area contributed by atoms with Crippen LogP contribution in [0.3, 0.4) is 0 Å². The van der Waals surface area contributed by atoms with Crippen molar-refractivity contribution in [2.24, 2.45) is 0 Å². The van der Waals surface area contributed by atoms with Crippen LogP contribution in [0, 0.1) is 5.82 Å². The van der Waals surface area contributed by atoms with Gasteiger partial charge in [-0.05, 0) is 47.4 Å². The number of nitrogens with zero attached hydrogens (tertiary/aromatic N) is 2. The molecule has 156 valence electrons. The lowest BCUT2D eigenvalue weighted by Crippen LogP contribution is -2.25. The Labute approximate surface area is 182 Å². The van der Waals surface area contributed by atoms with Crippen molar-refractivity contribution in [2.45, 2.75) is 30.8 Å². The molecule has 0 spiro atoms. The van der Waals surface area contributed by atoms with E-state index in [9.17, 15) is 17.6 Å². The monoisotopic (exact) mass is 465 g/mol. The van der Waals surface area contributed by atoms with Crippen molar-refractivity contribution in [1.29, 1.82) is 0 Å². The van der Waals surface area contributed by atoms with Crippen molar-refractivity contribution in [3.8, 4) is 0 Å². The summed E-state index contributed by atoms with van der Waals surface area (Å²) < 4.78 is 40.8. The third kappa shape index (κ3) is 4.48. The minimum atomic E-state index is -3.75. The molecule has 0 atom stereocenters. The average Bonchev–Trinajstić information content (AvgIpc) is 3.37.